The zero-order valence-electron chi connectivity index (χ0n) is 14.5. The molecule has 25 heavy (non-hydrogen) atoms. The number of hydrogen-bond acceptors (Lipinski definition) is 3. The van der Waals surface area contributed by atoms with E-state index in [4.69, 9.17) is 4.74 Å². The van der Waals surface area contributed by atoms with E-state index in [1.54, 1.807) is 31.2 Å². The highest BCUT2D eigenvalue weighted by Gasteiger charge is 2.21. The van der Waals surface area contributed by atoms with Crippen molar-refractivity contribution in [3.63, 3.8) is 0 Å². The van der Waals surface area contributed by atoms with Gasteiger partial charge in [0, 0.05) is 16.2 Å². The van der Waals surface area contributed by atoms with Gasteiger partial charge in [0.1, 0.15) is 5.75 Å². The molecule has 0 aromatic heterocycles. The number of ether oxygens (including phenoxy) is 1. The second-order valence-electron chi connectivity index (χ2n) is 5.59. The summed E-state index contributed by atoms with van der Waals surface area (Å²) in [6, 6.07) is 14.7. The van der Waals surface area contributed by atoms with Crippen LogP contribution < -0.4 is 10.1 Å². The Kier molecular flexibility index (Phi) is 6.81. The fraction of sp³-hybridized carbons (Fsp3) is 0.263. The fourth-order valence-corrected chi connectivity index (χ4v) is 3.09. The van der Waals surface area contributed by atoms with Crippen molar-refractivity contribution < 1.29 is 14.3 Å². The van der Waals surface area contributed by atoms with E-state index in [1.165, 1.54) is 0 Å². The van der Waals surface area contributed by atoms with Crippen molar-refractivity contribution in [2.45, 2.75) is 13.0 Å². The molecule has 0 aliphatic heterocycles. The minimum Gasteiger partial charge on any atom is -0.496 e. The van der Waals surface area contributed by atoms with Crippen LogP contribution in [0.25, 0.3) is 0 Å². The van der Waals surface area contributed by atoms with E-state index in [1.807, 2.05) is 43.3 Å². The summed E-state index contributed by atoms with van der Waals surface area (Å²) in [7, 11) is 3.33. The van der Waals surface area contributed by atoms with Crippen LogP contribution in [0.4, 0.5) is 0 Å². The largest absolute Gasteiger partial charge is 0.496 e. The molecule has 0 radical (unpaired) electrons. The minimum atomic E-state index is -0.253. The Labute approximate surface area is 161 Å². The molecule has 1 N–H and O–H groups in total. The number of carbonyl (C=O) groups is 2. The lowest BCUT2D eigenvalue weighted by Gasteiger charge is -2.26. The first-order valence-corrected chi connectivity index (χ1v) is 8.95. The van der Waals surface area contributed by atoms with E-state index in [9.17, 15) is 9.59 Å². The van der Waals surface area contributed by atoms with Crippen LogP contribution in [0.2, 0.25) is 0 Å². The highest BCUT2D eigenvalue weighted by atomic mass is 127. The van der Waals surface area contributed by atoms with Crippen LogP contribution in [0, 0.1) is 3.57 Å². The quantitative estimate of drug-likeness (QED) is 0.685. The molecule has 2 amide bonds. The number of nitrogens with zero attached hydrogens (tertiary/aromatic N) is 1. The van der Waals surface area contributed by atoms with Gasteiger partial charge < -0.3 is 15.0 Å². The third-order valence-corrected chi connectivity index (χ3v) is 5.02. The van der Waals surface area contributed by atoms with Gasteiger partial charge in [-0.25, -0.2) is 0 Å². The van der Waals surface area contributed by atoms with E-state index in [2.05, 4.69) is 27.9 Å². The summed E-state index contributed by atoms with van der Waals surface area (Å²) in [6.07, 6.45) is 0. The van der Waals surface area contributed by atoms with Gasteiger partial charge in [0.2, 0.25) is 5.91 Å². The molecule has 2 aromatic rings. The summed E-state index contributed by atoms with van der Waals surface area (Å²) >= 11 is 2.10. The lowest BCUT2D eigenvalue weighted by Crippen LogP contribution is -2.39. The number of amides is 2. The Hall–Kier alpha value is -2.09. The highest BCUT2D eigenvalue weighted by Crippen LogP contribution is 2.27. The SMILES string of the molecule is COc1ccccc1C(C)N(C)C(=O)CNC(=O)c1ccccc1I. The molecule has 5 nitrogen and oxygen atoms in total. The molecule has 0 heterocycles. The Morgan fingerprint density at radius 2 is 1.80 bits per heavy atom. The van der Waals surface area contributed by atoms with Gasteiger partial charge in [-0.2, -0.15) is 0 Å². The zero-order valence-corrected chi connectivity index (χ0v) is 16.6. The third kappa shape index (κ3) is 4.72. The number of benzene rings is 2. The Bertz CT molecular complexity index is 764. The molecule has 0 saturated carbocycles. The topological polar surface area (TPSA) is 58.6 Å². The summed E-state index contributed by atoms with van der Waals surface area (Å²) in [6.45, 7) is 1.87. The molecule has 0 aliphatic carbocycles. The molecule has 1 unspecified atom stereocenters. The highest BCUT2D eigenvalue weighted by molar-refractivity contribution is 14.1. The molecule has 2 aromatic carbocycles. The van der Waals surface area contributed by atoms with Crippen molar-refractivity contribution in [3.8, 4) is 5.75 Å². The monoisotopic (exact) mass is 452 g/mol. The zero-order chi connectivity index (χ0) is 18.4. The number of likely N-dealkylation sites (N-methyl/N-ethyl adjacent to an activating group) is 1. The van der Waals surface area contributed by atoms with Crippen LogP contribution in [0.15, 0.2) is 48.5 Å². The van der Waals surface area contributed by atoms with E-state index in [0.29, 0.717) is 5.56 Å². The van der Waals surface area contributed by atoms with Gasteiger partial charge in [-0.15, -0.1) is 0 Å². The molecule has 0 spiro atoms. The van der Waals surface area contributed by atoms with Crippen molar-refractivity contribution in [2.75, 3.05) is 20.7 Å². The number of para-hydroxylation sites is 1. The van der Waals surface area contributed by atoms with Gasteiger partial charge in [-0.05, 0) is 47.7 Å². The standard InChI is InChI=1S/C19H21IN2O3/c1-13(14-8-5-7-11-17(14)25-3)22(2)18(23)12-21-19(24)15-9-4-6-10-16(15)20/h4-11,13H,12H2,1-3H3,(H,21,24). The van der Waals surface area contributed by atoms with Gasteiger partial charge in [0.15, 0.2) is 0 Å². The lowest BCUT2D eigenvalue weighted by molar-refractivity contribution is -0.130. The van der Waals surface area contributed by atoms with E-state index in [0.717, 1.165) is 14.9 Å². The van der Waals surface area contributed by atoms with Gasteiger partial charge in [-0.3, -0.25) is 9.59 Å². The van der Waals surface area contributed by atoms with Crippen LogP contribution in [0.5, 0.6) is 5.75 Å². The van der Waals surface area contributed by atoms with Crippen LogP contribution in [0.3, 0.4) is 0 Å². The molecule has 0 aliphatic rings. The summed E-state index contributed by atoms with van der Waals surface area (Å²) in [4.78, 5) is 26.3. The van der Waals surface area contributed by atoms with Crippen LogP contribution in [-0.4, -0.2) is 37.4 Å². The summed E-state index contributed by atoms with van der Waals surface area (Å²) < 4.78 is 6.20. The molecule has 1 atom stereocenters. The maximum absolute atomic E-state index is 12.4. The maximum atomic E-state index is 12.4. The first-order chi connectivity index (χ1) is 12.0. The van der Waals surface area contributed by atoms with Crippen molar-refractivity contribution in [1.29, 1.82) is 0 Å². The second-order valence-corrected chi connectivity index (χ2v) is 6.75. The average molecular weight is 452 g/mol. The van der Waals surface area contributed by atoms with Crippen molar-refractivity contribution in [2.24, 2.45) is 0 Å². The van der Waals surface area contributed by atoms with Crippen molar-refractivity contribution in [3.05, 3.63) is 63.2 Å². The number of rotatable bonds is 6. The lowest BCUT2D eigenvalue weighted by atomic mass is 10.1. The van der Waals surface area contributed by atoms with Gasteiger partial charge >= 0.3 is 0 Å². The minimum absolute atomic E-state index is 0.0558. The van der Waals surface area contributed by atoms with Crippen molar-refractivity contribution >= 4 is 34.4 Å². The smallest absolute Gasteiger partial charge is 0.252 e. The first-order valence-electron chi connectivity index (χ1n) is 7.87. The average Bonchev–Trinajstić information content (AvgIpc) is 2.64. The summed E-state index contributed by atoms with van der Waals surface area (Å²) in [5.41, 5.74) is 1.49. The van der Waals surface area contributed by atoms with E-state index >= 15 is 0 Å². The molecule has 6 heteroatoms. The molecular weight excluding hydrogens is 431 g/mol. The maximum Gasteiger partial charge on any atom is 0.252 e. The van der Waals surface area contributed by atoms with Gasteiger partial charge in [-0.1, -0.05) is 30.3 Å². The molecule has 2 rings (SSSR count). The Morgan fingerprint density at radius 3 is 2.48 bits per heavy atom. The number of hydrogen-bond donors (Lipinski definition) is 1. The number of methoxy groups -OCH3 is 1. The normalized spacial score (nSPS) is 11.5. The van der Waals surface area contributed by atoms with Crippen molar-refractivity contribution in [1.82, 2.24) is 10.2 Å². The molecule has 0 saturated heterocycles. The Balaban J connectivity index is 2.00. The number of nitrogens with one attached hydrogen (secondary N) is 1. The molecular formula is C19H21IN2O3. The summed E-state index contributed by atoms with van der Waals surface area (Å²) in [5.74, 6) is 0.312. The van der Waals surface area contributed by atoms with Crippen LogP contribution >= 0.6 is 22.6 Å². The van der Waals surface area contributed by atoms with E-state index in [-0.39, 0.29) is 24.4 Å². The predicted molar refractivity (Wildman–Crippen MR) is 106 cm³/mol. The van der Waals surface area contributed by atoms with E-state index < -0.39 is 0 Å². The second kappa shape index (κ2) is 8.84. The van der Waals surface area contributed by atoms with Crippen LogP contribution in [0.1, 0.15) is 28.9 Å². The molecule has 0 bridgehead atoms. The van der Waals surface area contributed by atoms with Gasteiger partial charge in [0.05, 0.1) is 25.3 Å². The fourth-order valence-electron chi connectivity index (χ4n) is 2.46. The molecule has 132 valence electrons. The first kappa shape index (κ1) is 19.2. The summed E-state index contributed by atoms with van der Waals surface area (Å²) in [5, 5.41) is 2.69. The molecule has 0 fully saturated rings. The van der Waals surface area contributed by atoms with Crippen LogP contribution in [-0.2, 0) is 4.79 Å². The third-order valence-electron chi connectivity index (χ3n) is 4.08. The predicted octanol–water partition coefficient (Wildman–Crippen LogP) is 3.25. The Morgan fingerprint density at radius 1 is 1.16 bits per heavy atom. The van der Waals surface area contributed by atoms with Gasteiger partial charge in [0.25, 0.3) is 5.91 Å². The number of carbonyl (C=O) groups excluding carboxylic acids is 2. The number of halogens is 1.